The third-order valence-electron chi connectivity index (χ3n) is 12.2. The van der Waals surface area contributed by atoms with Crippen molar-refractivity contribution in [2.45, 2.75) is 251 Å². The molecule has 76 heavy (non-hydrogen) atoms. The molecule has 0 heterocycles. The first-order valence-corrected chi connectivity index (χ1v) is 31.3. The number of unbranched alkanes of at least 4 members (excludes halogenated alkanes) is 20. The van der Waals surface area contributed by atoms with E-state index >= 15 is 0 Å². The van der Waals surface area contributed by atoms with Crippen LogP contribution in [0.25, 0.3) is 0 Å². The fourth-order valence-electron chi connectivity index (χ4n) is 7.78. The van der Waals surface area contributed by atoms with E-state index < -0.39 is 57.8 Å². The summed E-state index contributed by atoms with van der Waals surface area (Å²) in [7, 11) is -4.78. The average molecular weight is 1080 g/mol. The van der Waals surface area contributed by atoms with Gasteiger partial charge in [-0.25, -0.2) is 4.57 Å². The molecule has 0 fully saturated rings. The number of carbonyl (C=O) groups is 3. The number of allylic oxidation sites excluding steroid dienone is 17. The summed E-state index contributed by atoms with van der Waals surface area (Å²) in [6, 6.07) is 0. The molecule has 0 aliphatic carbocycles. The zero-order valence-corrected chi connectivity index (χ0v) is 48.8. The number of esters is 3. The molecule has 0 aromatic heterocycles. The summed E-state index contributed by atoms with van der Waals surface area (Å²) in [6.07, 6.45) is 69.3. The molecule has 12 heteroatoms. The maximum Gasteiger partial charge on any atom is 0.472 e. The summed E-state index contributed by atoms with van der Waals surface area (Å²) in [5.74, 6) is -1.64. The van der Waals surface area contributed by atoms with Gasteiger partial charge in [-0.2, -0.15) is 0 Å². The molecular weight excluding hydrogens is 976 g/mol. The van der Waals surface area contributed by atoms with Gasteiger partial charge in [0.25, 0.3) is 0 Å². The van der Waals surface area contributed by atoms with Gasteiger partial charge >= 0.3 is 25.7 Å². The molecule has 0 saturated heterocycles. The van der Waals surface area contributed by atoms with Crippen LogP contribution in [0.15, 0.2) is 109 Å². The van der Waals surface area contributed by atoms with Gasteiger partial charge in [0.15, 0.2) is 6.10 Å². The molecule has 11 nitrogen and oxygen atoms in total. The van der Waals surface area contributed by atoms with Crippen LogP contribution in [-0.4, -0.2) is 66.5 Å². The number of hydrogen-bond donors (Lipinski definition) is 2. The van der Waals surface area contributed by atoms with Crippen LogP contribution in [0.2, 0.25) is 0 Å². The minimum Gasteiger partial charge on any atom is -0.462 e. The Morgan fingerprint density at radius 1 is 0.395 bits per heavy atom. The number of aliphatic hydroxyl groups is 1. The summed E-state index contributed by atoms with van der Waals surface area (Å²) in [5.41, 5.74) is 0. The Balaban J connectivity index is 4.82. The van der Waals surface area contributed by atoms with Crippen molar-refractivity contribution < 1.29 is 52.2 Å². The lowest BCUT2D eigenvalue weighted by atomic mass is 10.0. The van der Waals surface area contributed by atoms with Crippen molar-refractivity contribution in [1.29, 1.82) is 0 Å². The van der Waals surface area contributed by atoms with Gasteiger partial charge in [-0.15, -0.1) is 0 Å². The lowest BCUT2D eigenvalue weighted by Gasteiger charge is -2.21. The molecule has 0 aliphatic rings. The van der Waals surface area contributed by atoms with Crippen LogP contribution in [0.5, 0.6) is 0 Å². The highest BCUT2D eigenvalue weighted by Crippen LogP contribution is 2.43. The Labute approximate surface area is 463 Å². The summed E-state index contributed by atoms with van der Waals surface area (Å²) in [5, 5.41) is 9.82. The van der Waals surface area contributed by atoms with Crippen LogP contribution in [0.4, 0.5) is 0 Å². The SMILES string of the molecule is CC/C=C\C/C=C\C/C=C\C/C=C\C/C=C\CC(=O)OC(COC(=O)CCCCCCCC/C=C\C/C=C\C/C=C\C/C=C\CC)COP(=O)(O)OCC(CO)OC(=O)CCCCCCCCCCCCCCCCC. The van der Waals surface area contributed by atoms with Crippen LogP contribution in [-0.2, 0) is 42.2 Å². The van der Waals surface area contributed by atoms with Gasteiger partial charge in [0.1, 0.15) is 12.7 Å². The average Bonchev–Trinajstić information content (AvgIpc) is 3.41. The second kappa shape index (κ2) is 57.3. The second-order valence-electron chi connectivity index (χ2n) is 19.4. The Bertz CT molecular complexity index is 1690. The van der Waals surface area contributed by atoms with Crippen molar-refractivity contribution in [3.8, 4) is 0 Å². The van der Waals surface area contributed by atoms with E-state index in [9.17, 15) is 28.9 Å². The van der Waals surface area contributed by atoms with E-state index in [-0.39, 0.29) is 25.9 Å². The fraction of sp³-hybridized carbons (Fsp3) is 0.672. The standard InChI is InChI=1S/C64H107O11P/c1-4-7-10-13-16-19-22-25-28-29-30-31-34-35-38-41-44-47-50-53-62(66)71-57-61(75-64(68)55-52-49-46-43-40-37-33-27-24-21-18-15-12-9-6-3)59-73-76(69,70)72-58-60(56-65)74-63(67)54-51-48-45-42-39-36-32-26-23-20-17-14-11-8-5-2/h7,9-10,12,16,18-19,21,25,27-28,30-31,33,40,43,49,52,60-61,65H,4-6,8,11,13-15,17,20,22-24,26,29,32,34-39,41-42,44-48,50-51,53-59H2,1-3H3,(H,69,70)/b10-7-,12-9-,19-16-,21-18-,28-25-,31-30-,33-27-,43-40-,52-49-. The number of carbonyl (C=O) groups excluding carboxylic acids is 3. The number of hydrogen-bond acceptors (Lipinski definition) is 10. The minimum atomic E-state index is -4.78. The maximum atomic E-state index is 12.9. The van der Waals surface area contributed by atoms with Gasteiger partial charge in [-0.05, 0) is 83.5 Å². The lowest BCUT2D eigenvalue weighted by molar-refractivity contribution is -0.160. The van der Waals surface area contributed by atoms with Crippen LogP contribution in [0.1, 0.15) is 239 Å². The predicted molar refractivity (Wildman–Crippen MR) is 316 cm³/mol. The Morgan fingerprint density at radius 3 is 1.16 bits per heavy atom. The molecule has 0 spiro atoms. The highest BCUT2D eigenvalue weighted by Gasteiger charge is 2.28. The first kappa shape index (κ1) is 72.1. The van der Waals surface area contributed by atoms with Crippen molar-refractivity contribution in [3.63, 3.8) is 0 Å². The Kier molecular flexibility index (Phi) is 54.4. The number of ether oxygens (including phenoxy) is 3. The number of aliphatic hydroxyl groups excluding tert-OH is 1. The first-order valence-electron chi connectivity index (χ1n) is 29.8. The van der Waals surface area contributed by atoms with Gasteiger partial charge in [0.05, 0.1) is 26.2 Å². The lowest BCUT2D eigenvalue weighted by Crippen LogP contribution is -2.30. The predicted octanol–water partition coefficient (Wildman–Crippen LogP) is 17.8. The van der Waals surface area contributed by atoms with Crippen molar-refractivity contribution in [3.05, 3.63) is 109 Å². The zero-order valence-electron chi connectivity index (χ0n) is 47.9. The van der Waals surface area contributed by atoms with Crippen molar-refractivity contribution in [2.75, 3.05) is 26.4 Å². The highest BCUT2D eigenvalue weighted by atomic mass is 31.2. The van der Waals surface area contributed by atoms with E-state index in [1.54, 1.807) is 6.08 Å². The quantitative estimate of drug-likeness (QED) is 0.0197. The third-order valence-corrected chi connectivity index (χ3v) is 13.2. The second-order valence-corrected chi connectivity index (χ2v) is 20.9. The van der Waals surface area contributed by atoms with E-state index in [1.165, 1.54) is 70.6 Å². The van der Waals surface area contributed by atoms with Crippen molar-refractivity contribution in [1.82, 2.24) is 0 Å². The molecular formula is C64H107O11P. The molecule has 0 amide bonds. The largest absolute Gasteiger partial charge is 0.472 e. The van der Waals surface area contributed by atoms with Crippen LogP contribution in [0, 0.1) is 0 Å². The number of phosphoric ester groups is 1. The molecule has 0 radical (unpaired) electrons. The summed E-state index contributed by atoms with van der Waals surface area (Å²) in [6.45, 7) is 4.30. The summed E-state index contributed by atoms with van der Waals surface area (Å²) < 4.78 is 39.4. The van der Waals surface area contributed by atoms with E-state index in [4.69, 9.17) is 23.3 Å². The van der Waals surface area contributed by atoms with Crippen LogP contribution in [0.3, 0.4) is 0 Å². The zero-order chi connectivity index (χ0) is 55.5. The van der Waals surface area contributed by atoms with E-state index in [1.807, 2.05) is 18.2 Å². The van der Waals surface area contributed by atoms with Crippen LogP contribution < -0.4 is 0 Å². The molecule has 0 aliphatic heterocycles. The number of rotatable bonds is 54. The van der Waals surface area contributed by atoms with E-state index in [2.05, 4.69) is 106 Å². The normalized spacial score (nSPS) is 14.1. The van der Waals surface area contributed by atoms with Gasteiger partial charge in [-0.3, -0.25) is 23.4 Å². The molecule has 3 atom stereocenters. The topological polar surface area (TPSA) is 155 Å². The first-order chi connectivity index (χ1) is 37.2. The van der Waals surface area contributed by atoms with Crippen LogP contribution >= 0.6 is 7.82 Å². The van der Waals surface area contributed by atoms with Crippen molar-refractivity contribution in [2.24, 2.45) is 0 Å². The van der Waals surface area contributed by atoms with Gasteiger partial charge in [0.2, 0.25) is 0 Å². The summed E-state index contributed by atoms with van der Waals surface area (Å²) >= 11 is 0. The van der Waals surface area contributed by atoms with Crippen molar-refractivity contribution >= 4 is 25.7 Å². The molecule has 3 unspecified atom stereocenters. The fourth-order valence-corrected chi connectivity index (χ4v) is 8.56. The van der Waals surface area contributed by atoms with E-state index in [0.717, 1.165) is 109 Å². The Morgan fingerprint density at radius 2 is 0.737 bits per heavy atom. The maximum absolute atomic E-state index is 12.9. The summed E-state index contributed by atoms with van der Waals surface area (Å²) in [4.78, 5) is 48.5. The molecule has 0 aromatic carbocycles. The number of phosphoric acid groups is 1. The molecule has 2 N–H and O–H groups in total. The molecule has 0 saturated carbocycles. The molecule has 0 aromatic rings. The van der Waals surface area contributed by atoms with Gasteiger partial charge < -0.3 is 24.2 Å². The highest BCUT2D eigenvalue weighted by molar-refractivity contribution is 7.47. The molecule has 0 bridgehead atoms. The minimum absolute atomic E-state index is 0.0718. The monoisotopic (exact) mass is 1080 g/mol. The Hall–Kier alpha value is -3.86. The van der Waals surface area contributed by atoms with Gasteiger partial charge in [-0.1, -0.05) is 246 Å². The van der Waals surface area contributed by atoms with E-state index in [0.29, 0.717) is 19.3 Å². The molecule has 434 valence electrons. The third kappa shape index (κ3) is 54.9. The van der Waals surface area contributed by atoms with Gasteiger partial charge in [0, 0.05) is 12.8 Å². The smallest absolute Gasteiger partial charge is 0.462 e. The molecule has 0 rings (SSSR count).